The number of benzene rings is 1. The predicted molar refractivity (Wildman–Crippen MR) is 79.7 cm³/mol. The van der Waals surface area contributed by atoms with E-state index in [4.69, 9.17) is 9.84 Å². The van der Waals surface area contributed by atoms with E-state index in [-0.39, 0.29) is 17.2 Å². The summed E-state index contributed by atoms with van der Waals surface area (Å²) < 4.78 is 5.06. The second-order valence-electron chi connectivity index (χ2n) is 4.26. The number of carboxylic acids is 1. The molecule has 3 N–H and O–H groups in total. The number of methoxy groups -OCH3 is 1. The van der Waals surface area contributed by atoms with Crippen LogP contribution in [-0.4, -0.2) is 40.4 Å². The molecule has 1 aliphatic rings. The summed E-state index contributed by atoms with van der Waals surface area (Å²) in [5.41, 5.74) is 2.54. The summed E-state index contributed by atoms with van der Waals surface area (Å²) >= 11 is 0.863. The van der Waals surface area contributed by atoms with E-state index in [0.29, 0.717) is 5.75 Å². The summed E-state index contributed by atoms with van der Waals surface area (Å²) in [5.74, 6) is -1.72. The van der Waals surface area contributed by atoms with Gasteiger partial charge in [-0.3, -0.25) is 14.4 Å². The van der Waals surface area contributed by atoms with Crippen molar-refractivity contribution >= 4 is 34.7 Å². The molecule has 2 rings (SSSR count). The lowest BCUT2D eigenvalue weighted by Crippen LogP contribution is -2.41. The number of carbonyl (C=O) groups is 3. The van der Waals surface area contributed by atoms with Gasteiger partial charge in [0, 0.05) is 6.42 Å². The number of ether oxygens (including phenoxy) is 1. The van der Waals surface area contributed by atoms with Crippen LogP contribution in [0.5, 0.6) is 5.75 Å². The number of nitrogens with one attached hydrogen (secondary N) is 2. The van der Waals surface area contributed by atoms with E-state index in [0.717, 1.165) is 11.8 Å². The van der Waals surface area contributed by atoms with Crippen LogP contribution in [0.3, 0.4) is 0 Å². The first-order valence-corrected chi connectivity index (χ1v) is 7.09. The average Bonchev–Trinajstić information content (AvgIpc) is 2.52. The van der Waals surface area contributed by atoms with Gasteiger partial charge >= 0.3 is 5.97 Å². The van der Waals surface area contributed by atoms with Crippen LogP contribution in [0.2, 0.25) is 0 Å². The number of aliphatic carboxylic acids is 1. The molecule has 0 aromatic heterocycles. The molecule has 8 nitrogen and oxygen atoms in total. The molecule has 1 fully saturated rings. The van der Waals surface area contributed by atoms with Gasteiger partial charge < -0.3 is 15.2 Å². The monoisotopic (exact) mass is 323 g/mol. The van der Waals surface area contributed by atoms with Crippen molar-refractivity contribution < 1.29 is 24.2 Å². The molecule has 1 saturated heterocycles. The Bertz CT molecular complexity index is 646. The molecular formula is C13H13N3O5S. The maximum absolute atomic E-state index is 12.0. The maximum atomic E-state index is 12.0. The lowest BCUT2D eigenvalue weighted by atomic mass is 10.2. The third-order valence-corrected chi connectivity index (χ3v) is 3.83. The zero-order valence-corrected chi connectivity index (χ0v) is 12.3. The second kappa shape index (κ2) is 6.94. The van der Waals surface area contributed by atoms with Crippen molar-refractivity contribution in [3.05, 3.63) is 29.8 Å². The van der Waals surface area contributed by atoms with Crippen LogP contribution in [0.4, 0.5) is 0 Å². The number of rotatable bonds is 4. The van der Waals surface area contributed by atoms with Crippen LogP contribution in [0.1, 0.15) is 16.8 Å². The third kappa shape index (κ3) is 3.76. The molecule has 1 aromatic rings. The van der Waals surface area contributed by atoms with Gasteiger partial charge in [-0.2, -0.15) is 0 Å². The SMILES string of the molecule is COc1ccccc1C(=O)N/N=C1\NC(=O)C[C@@H](C(=O)O)S1. The number of thioether (sulfide) groups is 1. The highest BCUT2D eigenvalue weighted by Crippen LogP contribution is 2.21. The number of carboxylic acid groups (broad SMARTS) is 1. The first kappa shape index (κ1) is 15.8. The molecule has 1 aromatic carbocycles. The van der Waals surface area contributed by atoms with Gasteiger partial charge in [-0.1, -0.05) is 23.9 Å². The van der Waals surface area contributed by atoms with Crippen LogP contribution in [-0.2, 0) is 9.59 Å². The molecule has 116 valence electrons. The van der Waals surface area contributed by atoms with Gasteiger partial charge in [0.05, 0.1) is 12.7 Å². The fourth-order valence-corrected chi connectivity index (χ4v) is 2.61. The fraction of sp³-hybridized carbons (Fsp3) is 0.231. The van der Waals surface area contributed by atoms with E-state index < -0.39 is 23.0 Å². The number of hydrogen-bond donors (Lipinski definition) is 3. The van der Waals surface area contributed by atoms with E-state index in [1.807, 2.05) is 0 Å². The lowest BCUT2D eigenvalue weighted by Gasteiger charge is -2.19. The molecule has 1 atom stereocenters. The van der Waals surface area contributed by atoms with E-state index >= 15 is 0 Å². The summed E-state index contributed by atoms with van der Waals surface area (Å²) in [6.07, 6.45) is -0.139. The summed E-state index contributed by atoms with van der Waals surface area (Å²) in [7, 11) is 1.44. The first-order valence-electron chi connectivity index (χ1n) is 6.21. The molecule has 9 heteroatoms. The van der Waals surface area contributed by atoms with Crippen LogP contribution >= 0.6 is 11.8 Å². The van der Waals surface area contributed by atoms with E-state index in [1.54, 1.807) is 24.3 Å². The van der Waals surface area contributed by atoms with Crippen LogP contribution in [0, 0.1) is 0 Å². The molecule has 0 radical (unpaired) electrons. The van der Waals surface area contributed by atoms with E-state index in [9.17, 15) is 14.4 Å². The smallest absolute Gasteiger partial charge is 0.317 e. The van der Waals surface area contributed by atoms with Gasteiger partial charge in [0.15, 0.2) is 5.17 Å². The standard InChI is InChI=1S/C13H13N3O5S/c1-21-8-5-3-2-4-7(8)11(18)15-16-13-14-10(17)6-9(22-13)12(19)20/h2-5,9H,6H2,1H3,(H,15,18)(H,19,20)(H,14,16,17)/t9-/m0/s1. The lowest BCUT2D eigenvalue weighted by molar-refractivity contribution is -0.138. The Morgan fingerprint density at radius 3 is 2.86 bits per heavy atom. The highest BCUT2D eigenvalue weighted by atomic mass is 32.2. The van der Waals surface area contributed by atoms with Gasteiger partial charge in [0.1, 0.15) is 11.0 Å². The second-order valence-corrected chi connectivity index (χ2v) is 5.45. The van der Waals surface area contributed by atoms with E-state index in [2.05, 4.69) is 15.8 Å². The highest BCUT2D eigenvalue weighted by molar-refractivity contribution is 8.15. The Labute approximate surface area is 129 Å². The van der Waals surface area contributed by atoms with Crippen molar-refractivity contribution in [2.75, 3.05) is 7.11 Å². The minimum atomic E-state index is -1.11. The predicted octanol–water partition coefficient (Wildman–Crippen LogP) is 0.402. The van der Waals surface area contributed by atoms with Crippen molar-refractivity contribution in [1.82, 2.24) is 10.7 Å². The minimum absolute atomic E-state index is 0.0342. The summed E-state index contributed by atoms with van der Waals surface area (Å²) in [6.45, 7) is 0. The van der Waals surface area contributed by atoms with Crippen LogP contribution < -0.4 is 15.5 Å². The molecule has 0 aliphatic carbocycles. The van der Waals surface area contributed by atoms with Gasteiger partial charge in [-0.25, -0.2) is 5.43 Å². The molecular weight excluding hydrogens is 310 g/mol. The molecule has 22 heavy (non-hydrogen) atoms. The summed E-state index contributed by atoms with van der Waals surface area (Å²) in [5, 5.41) is 14.2. The van der Waals surface area contributed by atoms with Gasteiger partial charge in [0.2, 0.25) is 5.91 Å². The van der Waals surface area contributed by atoms with Crippen LogP contribution in [0.25, 0.3) is 0 Å². The zero-order valence-electron chi connectivity index (χ0n) is 11.5. The Morgan fingerprint density at radius 1 is 1.45 bits per heavy atom. The highest BCUT2D eigenvalue weighted by Gasteiger charge is 2.30. The molecule has 1 aliphatic heterocycles. The Hall–Kier alpha value is -2.55. The molecule has 0 bridgehead atoms. The number of hydrazone groups is 1. The number of amides is 2. The molecule has 1 heterocycles. The Kier molecular flexibility index (Phi) is 4.99. The van der Waals surface area contributed by atoms with Gasteiger partial charge in [-0.05, 0) is 12.1 Å². The minimum Gasteiger partial charge on any atom is -0.496 e. The average molecular weight is 323 g/mol. The first-order chi connectivity index (χ1) is 10.5. The third-order valence-electron chi connectivity index (χ3n) is 2.76. The summed E-state index contributed by atoms with van der Waals surface area (Å²) in [6, 6.07) is 6.57. The number of hydrogen-bond acceptors (Lipinski definition) is 6. The Morgan fingerprint density at radius 2 is 2.18 bits per heavy atom. The molecule has 0 unspecified atom stereocenters. The van der Waals surface area contributed by atoms with Crippen LogP contribution in [0.15, 0.2) is 29.4 Å². The van der Waals surface area contributed by atoms with Gasteiger partial charge in [0.25, 0.3) is 5.91 Å². The maximum Gasteiger partial charge on any atom is 0.317 e. The number of para-hydroxylation sites is 1. The van der Waals surface area contributed by atoms with E-state index in [1.165, 1.54) is 7.11 Å². The normalized spacial score (nSPS) is 19.4. The fourth-order valence-electron chi connectivity index (χ4n) is 1.73. The topological polar surface area (TPSA) is 117 Å². The van der Waals surface area contributed by atoms with Crippen molar-refractivity contribution in [1.29, 1.82) is 0 Å². The summed E-state index contributed by atoms with van der Waals surface area (Å²) in [4.78, 5) is 34.4. The quantitative estimate of drug-likeness (QED) is 0.691. The molecule has 0 saturated carbocycles. The van der Waals surface area contributed by atoms with Crippen molar-refractivity contribution in [2.24, 2.45) is 5.10 Å². The molecule has 2 amide bonds. The van der Waals surface area contributed by atoms with Crippen molar-refractivity contribution in [2.45, 2.75) is 11.7 Å². The Balaban J connectivity index is 2.08. The van der Waals surface area contributed by atoms with Gasteiger partial charge in [-0.15, -0.1) is 5.10 Å². The van der Waals surface area contributed by atoms with Crippen molar-refractivity contribution in [3.8, 4) is 5.75 Å². The van der Waals surface area contributed by atoms with Crippen molar-refractivity contribution in [3.63, 3.8) is 0 Å². The largest absolute Gasteiger partial charge is 0.496 e. The number of amidine groups is 1. The zero-order chi connectivity index (χ0) is 16.1. The number of nitrogens with zero attached hydrogens (tertiary/aromatic N) is 1. The number of carbonyl (C=O) groups excluding carboxylic acids is 2. The molecule has 0 spiro atoms.